The number of benzene rings is 1. The molecule has 1 rings (SSSR count). The first-order chi connectivity index (χ1) is 8.54. The molecule has 4 nitrogen and oxygen atoms in total. The number of hydrogen-bond donors (Lipinski definition) is 1. The van der Waals surface area contributed by atoms with Crippen LogP contribution in [-0.4, -0.2) is 28.9 Å². The Morgan fingerprint density at radius 2 is 1.89 bits per heavy atom. The third kappa shape index (κ3) is 4.19. The van der Waals surface area contributed by atoms with Gasteiger partial charge in [0.15, 0.2) is 9.84 Å². The number of rotatable bonds is 4. The summed E-state index contributed by atoms with van der Waals surface area (Å²) in [6.07, 6.45) is 0. The van der Waals surface area contributed by atoms with Crippen LogP contribution >= 0.6 is 11.6 Å². The molecule has 0 aliphatic heterocycles. The van der Waals surface area contributed by atoms with E-state index in [1.807, 2.05) is 0 Å². The molecule has 0 bridgehead atoms. The van der Waals surface area contributed by atoms with E-state index in [2.05, 4.69) is 0 Å². The second-order valence-corrected chi connectivity index (χ2v) is 9.98. The fourth-order valence-electron chi connectivity index (χ4n) is 1.30. The Kier molecular flexibility index (Phi) is 5.03. The average Bonchev–Trinajstić information content (AvgIpc) is 2.28. The molecule has 7 heteroatoms. The van der Waals surface area contributed by atoms with Gasteiger partial charge in [0.25, 0.3) is 0 Å². The molecule has 0 amide bonds. The molecule has 0 spiro atoms. The molecular formula is C12H18ClNO3S2. The first kappa shape index (κ1) is 16.5. The molecule has 0 aliphatic rings. The molecule has 0 heterocycles. The smallest absolute Gasteiger partial charge is 0.156 e. The van der Waals surface area contributed by atoms with Gasteiger partial charge in [0, 0.05) is 11.4 Å². The molecule has 1 aromatic rings. The van der Waals surface area contributed by atoms with Gasteiger partial charge in [-0.25, -0.2) is 8.42 Å². The summed E-state index contributed by atoms with van der Waals surface area (Å²) < 4.78 is 35.1. The minimum atomic E-state index is -3.29. The van der Waals surface area contributed by atoms with E-state index in [1.54, 1.807) is 32.9 Å². The third-order valence-corrected chi connectivity index (χ3v) is 7.38. The van der Waals surface area contributed by atoms with Crippen molar-refractivity contribution < 1.29 is 12.6 Å². The highest BCUT2D eigenvalue weighted by Gasteiger charge is 2.29. The zero-order chi connectivity index (χ0) is 14.8. The van der Waals surface area contributed by atoms with Gasteiger partial charge in [-0.1, -0.05) is 11.6 Å². The predicted octanol–water partition coefficient (Wildman–Crippen LogP) is 2.24. The third-order valence-electron chi connectivity index (χ3n) is 2.67. The van der Waals surface area contributed by atoms with Crippen molar-refractivity contribution in [3.63, 3.8) is 0 Å². The Labute approximate surface area is 121 Å². The lowest BCUT2D eigenvalue weighted by Crippen LogP contribution is -2.32. The Hall–Kier alpha value is -0.590. The second kappa shape index (κ2) is 5.81. The van der Waals surface area contributed by atoms with Gasteiger partial charge in [-0.3, -0.25) is 4.21 Å². The summed E-state index contributed by atoms with van der Waals surface area (Å²) in [5.74, 6) is -0.128. The molecule has 108 valence electrons. The highest BCUT2D eigenvalue weighted by atomic mass is 35.5. The number of nitrogen functional groups attached to an aromatic ring is 1. The van der Waals surface area contributed by atoms with Crippen molar-refractivity contribution in [1.29, 1.82) is 0 Å². The molecule has 0 aliphatic carbocycles. The van der Waals surface area contributed by atoms with Crippen molar-refractivity contribution >= 4 is 37.9 Å². The first-order valence-electron chi connectivity index (χ1n) is 5.70. The highest BCUT2D eigenvalue weighted by molar-refractivity contribution is 7.94. The molecule has 19 heavy (non-hydrogen) atoms. The van der Waals surface area contributed by atoms with Crippen LogP contribution in [0.25, 0.3) is 0 Å². The lowest BCUT2D eigenvalue weighted by molar-refractivity contribution is 0.561. The topological polar surface area (TPSA) is 77.2 Å². The Bertz CT molecular complexity index is 591. The molecule has 0 saturated heterocycles. The maximum absolute atomic E-state index is 12.1. The maximum Gasteiger partial charge on any atom is 0.156 e. The summed E-state index contributed by atoms with van der Waals surface area (Å²) in [7, 11) is -4.77. The van der Waals surface area contributed by atoms with Gasteiger partial charge >= 0.3 is 0 Å². The van der Waals surface area contributed by atoms with Crippen molar-refractivity contribution in [3.05, 3.63) is 23.2 Å². The number of hydrogen-bond acceptors (Lipinski definition) is 4. The van der Waals surface area contributed by atoms with Crippen molar-refractivity contribution in [2.75, 3.05) is 17.2 Å². The Balaban J connectivity index is 2.85. The van der Waals surface area contributed by atoms with Crippen LogP contribution in [0.4, 0.5) is 5.69 Å². The number of nitrogens with two attached hydrogens (primary N) is 1. The van der Waals surface area contributed by atoms with Gasteiger partial charge in [-0.15, -0.1) is 0 Å². The minimum absolute atomic E-state index is 0.0166. The second-order valence-electron chi connectivity index (χ2n) is 5.17. The summed E-state index contributed by atoms with van der Waals surface area (Å²) >= 11 is 5.93. The van der Waals surface area contributed by atoms with Crippen molar-refractivity contribution in [2.45, 2.75) is 30.4 Å². The van der Waals surface area contributed by atoms with Crippen LogP contribution in [0.1, 0.15) is 20.8 Å². The van der Waals surface area contributed by atoms with E-state index < -0.39 is 25.4 Å². The average molecular weight is 324 g/mol. The first-order valence-corrected chi connectivity index (χ1v) is 9.05. The molecule has 2 N–H and O–H groups in total. The quantitative estimate of drug-likeness (QED) is 0.862. The van der Waals surface area contributed by atoms with Gasteiger partial charge in [-0.05, 0) is 39.0 Å². The largest absolute Gasteiger partial charge is 0.399 e. The molecule has 0 fully saturated rings. The molecule has 0 aromatic heterocycles. The van der Waals surface area contributed by atoms with E-state index in [1.165, 1.54) is 6.07 Å². The van der Waals surface area contributed by atoms with Crippen LogP contribution in [0.15, 0.2) is 23.1 Å². The van der Waals surface area contributed by atoms with Crippen LogP contribution < -0.4 is 5.73 Å². The van der Waals surface area contributed by atoms with E-state index in [0.29, 0.717) is 15.6 Å². The lowest BCUT2D eigenvalue weighted by Gasteiger charge is -2.18. The van der Waals surface area contributed by atoms with E-state index in [9.17, 15) is 12.6 Å². The monoisotopic (exact) mass is 323 g/mol. The summed E-state index contributed by atoms with van der Waals surface area (Å²) in [6, 6.07) is 4.68. The van der Waals surface area contributed by atoms with Gasteiger partial charge in [0.1, 0.15) is 0 Å². The Morgan fingerprint density at radius 3 is 2.42 bits per heavy atom. The van der Waals surface area contributed by atoms with Crippen LogP contribution in [0, 0.1) is 0 Å². The standard InChI is InChI=1S/C12H18ClNO3S2/c1-12(2,3)19(16,17)7-6-18(15)11-8-9(14)4-5-10(11)13/h4-5,8H,6-7,14H2,1-3H3. The van der Waals surface area contributed by atoms with Crippen LogP contribution in [0.2, 0.25) is 5.02 Å². The normalized spacial score (nSPS) is 14.3. The summed E-state index contributed by atoms with van der Waals surface area (Å²) in [5, 5.41) is 0.334. The van der Waals surface area contributed by atoms with Crippen molar-refractivity contribution in [3.8, 4) is 0 Å². The number of sulfone groups is 1. The fraction of sp³-hybridized carbons (Fsp3) is 0.500. The van der Waals surface area contributed by atoms with Gasteiger partial charge < -0.3 is 5.73 Å². The molecule has 0 radical (unpaired) electrons. The summed E-state index contributed by atoms with van der Waals surface area (Å²) in [6.45, 7) is 4.87. The molecular weight excluding hydrogens is 306 g/mol. The van der Waals surface area contributed by atoms with Crippen molar-refractivity contribution in [1.82, 2.24) is 0 Å². The van der Waals surface area contributed by atoms with Crippen LogP contribution in [-0.2, 0) is 20.6 Å². The van der Waals surface area contributed by atoms with E-state index >= 15 is 0 Å². The molecule has 1 aromatic carbocycles. The highest BCUT2D eigenvalue weighted by Crippen LogP contribution is 2.23. The zero-order valence-corrected chi connectivity index (χ0v) is 13.5. The van der Waals surface area contributed by atoms with Gasteiger partial charge in [0.05, 0.1) is 31.2 Å². The van der Waals surface area contributed by atoms with Gasteiger partial charge in [0.2, 0.25) is 0 Å². The van der Waals surface area contributed by atoms with E-state index in [4.69, 9.17) is 17.3 Å². The lowest BCUT2D eigenvalue weighted by atomic mass is 10.3. The Morgan fingerprint density at radius 1 is 1.32 bits per heavy atom. The van der Waals surface area contributed by atoms with E-state index in [0.717, 1.165) is 0 Å². The van der Waals surface area contributed by atoms with Gasteiger partial charge in [-0.2, -0.15) is 0 Å². The number of anilines is 1. The fourth-order valence-corrected chi connectivity index (χ4v) is 4.54. The van der Waals surface area contributed by atoms with Crippen LogP contribution in [0.5, 0.6) is 0 Å². The SMILES string of the molecule is CC(C)(C)S(=O)(=O)CCS(=O)c1cc(N)ccc1Cl. The van der Waals surface area contributed by atoms with Crippen molar-refractivity contribution in [2.24, 2.45) is 0 Å². The van der Waals surface area contributed by atoms with E-state index in [-0.39, 0.29) is 11.5 Å². The number of halogens is 1. The minimum Gasteiger partial charge on any atom is -0.399 e. The predicted molar refractivity (Wildman–Crippen MR) is 80.7 cm³/mol. The zero-order valence-electron chi connectivity index (χ0n) is 11.1. The molecule has 1 unspecified atom stereocenters. The maximum atomic E-state index is 12.1. The van der Waals surface area contributed by atoms with Crippen LogP contribution in [0.3, 0.4) is 0 Å². The molecule has 0 saturated carbocycles. The molecule has 1 atom stereocenters. The summed E-state index contributed by atoms with van der Waals surface area (Å²) in [5.41, 5.74) is 6.06. The summed E-state index contributed by atoms with van der Waals surface area (Å²) in [4.78, 5) is 0.380.